The maximum Gasteiger partial charge on any atom is 0.266 e. The fraction of sp³-hybridized carbons (Fsp3) is 0.571. The van der Waals surface area contributed by atoms with Gasteiger partial charge in [-0.15, -0.1) is 21.5 Å². The van der Waals surface area contributed by atoms with E-state index in [2.05, 4.69) is 40.5 Å². The molecule has 0 radical (unpaired) electrons. The van der Waals surface area contributed by atoms with Gasteiger partial charge in [0, 0.05) is 12.5 Å². The zero-order valence-electron chi connectivity index (χ0n) is 12.7. The zero-order chi connectivity index (χ0) is 15.1. The Morgan fingerprint density at radius 1 is 1.43 bits per heavy atom. The highest BCUT2D eigenvalue weighted by atomic mass is 32.1. The molecule has 0 aromatic carbocycles. The average Bonchev–Trinajstić information content (AvgIpc) is 3.04. The van der Waals surface area contributed by atoms with Crippen LogP contribution in [0.3, 0.4) is 0 Å². The van der Waals surface area contributed by atoms with Gasteiger partial charge in [0.2, 0.25) is 0 Å². The fourth-order valence-corrected chi connectivity index (χ4v) is 3.47. The van der Waals surface area contributed by atoms with E-state index < -0.39 is 0 Å². The lowest BCUT2D eigenvalue weighted by Crippen LogP contribution is -2.40. The third kappa shape index (κ3) is 2.46. The van der Waals surface area contributed by atoms with E-state index in [0.717, 1.165) is 16.7 Å². The van der Waals surface area contributed by atoms with Crippen LogP contribution in [0.1, 0.15) is 59.1 Å². The zero-order valence-corrected chi connectivity index (χ0v) is 13.5. The van der Waals surface area contributed by atoms with E-state index >= 15 is 0 Å². The molecule has 0 bridgehead atoms. The summed E-state index contributed by atoms with van der Waals surface area (Å²) in [5, 5.41) is 9.46. The van der Waals surface area contributed by atoms with Crippen molar-refractivity contribution in [2.45, 2.75) is 46.2 Å². The number of fused-ring (bicyclic) bond motifs is 1. The minimum absolute atomic E-state index is 0.0350. The number of hydrogen-bond acceptors (Lipinski definition) is 5. The molecule has 7 heteroatoms. The SMILES string of the molecule is Cc1ncc(C(=O)N2Cc3nnc(C(C)C)n3[C@@H](C)C2)s1. The van der Waals surface area contributed by atoms with Gasteiger partial charge in [0.15, 0.2) is 5.82 Å². The molecule has 0 saturated carbocycles. The summed E-state index contributed by atoms with van der Waals surface area (Å²) in [5.41, 5.74) is 0. The van der Waals surface area contributed by atoms with Crippen molar-refractivity contribution in [1.82, 2.24) is 24.6 Å². The molecule has 0 unspecified atom stereocenters. The third-order valence-corrected chi connectivity index (χ3v) is 4.59. The van der Waals surface area contributed by atoms with Crippen LogP contribution in [0.25, 0.3) is 0 Å². The monoisotopic (exact) mass is 305 g/mol. The summed E-state index contributed by atoms with van der Waals surface area (Å²) in [6.07, 6.45) is 1.66. The van der Waals surface area contributed by atoms with Crippen molar-refractivity contribution in [1.29, 1.82) is 0 Å². The van der Waals surface area contributed by atoms with E-state index in [4.69, 9.17) is 0 Å². The van der Waals surface area contributed by atoms with Crippen molar-refractivity contribution >= 4 is 17.2 Å². The number of hydrogen-bond donors (Lipinski definition) is 0. The van der Waals surface area contributed by atoms with Gasteiger partial charge in [0.1, 0.15) is 10.7 Å². The summed E-state index contributed by atoms with van der Waals surface area (Å²) in [6.45, 7) is 9.44. The molecule has 0 saturated heterocycles. The number of thiazole rings is 1. The molecule has 21 heavy (non-hydrogen) atoms. The Kier molecular flexibility index (Phi) is 3.52. The number of rotatable bonds is 2. The standard InChI is InChI=1S/C14H19N5OS/c1-8(2)13-17-16-12-7-18(6-9(3)19(12)13)14(20)11-5-15-10(4)21-11/h5,8-9H,6-7H2,1-4H3/t9-/m0/s1. The van der Waals surface area contributed by atoms with E-state index in [0.29, 0.717) is 23.9 Å². The van der Waals surface area contributed by atoms with Gasteiger partial charge >= 0.3 is 0 Å². The third-order valence-electron chi connectivity index (χ3n) is 3.69. The van der Waals surface area contributed by atoms with Crippen molar-refractivity contribution in [3.8, 4) is 0 Å². The Balaban J connectivity index is 1.87. The molecule has 3 rings (SSSR count). The van der Waals surface area contributed by atoms with Crippen molar-refractivity contribution in [3.05, 3.63) is 27.7 Å². The topological polar surface area (TPSA) is 63.9 Å². The quantitative estimate of drug-likeness (QED) is 0.854. The van der Waals surface area contributed by atoms with Crippen LogP contribution >= 0.6 is 11.3 Å². The molecule has 0 N–H and O–H groups in total. The molecule has 2 aromatic heterocycles. The summed E-state index contributed by atoms with van der Waals surface area (Å²) in [7, 11) is 0. The molecule has 0 aliphatic carbocycles. The fourth-order valence-electron chi connectivity index (χ4n) is 2.73. The molecule has 1 aliphatic rings. The van der Waals surface area contributed by atoms with Gasteiger partial charge in [0.25, 0.3) is 5.91 Å². The van der Waals surface area contributed by atoms with Gasteiger partial charge in [-0.2, -0.15) is 0 Å². The number of aromatic nitrogens is 4. The maximum absolute atomic E-state index is 12.5. The second kappa shape index (κ2) is 5.22. The minimum atomic E-state index is 0.0350. The molecule has 0 fully saturated rings. The summed E-state index contributed by atoms with van der Waals surface area (Å²) in [5.74, 6) is 2.23. The average molecular weight is 305 g/mol. The minimum Gasteiger partial charge on any atom is -0.328 e. The van der Waals surface area contributed by atoms with Crippen molar-refractivity contribution < 1.29 is 4.79 Å². The predicted octanol–water partition coefficient (Wildman–Crippen LogP) is 2.38. The molecule has 6 nitrogen and oxygen atoms in total. The summed E-state index contributed by atoms with van der Waals surface area (Å²) in [6, 6.07) is 0.194. The van der Waals surface area contributed by atoms with Crippen LogP contribution in [0.4, 0.5) is 0 Å². The van der Waals surface area contributed by atoms with Crippen LogP contribution in [0.5, 0.6) is 0 Å². The molecular formula is C14H19N5OS. The molecule has 0 spiro atoms. The van der Waals surface area contributed by atoms with Gasteiger partial charge in [-0.25, -0.2) is 4.98 Å². The summed E-state index contributed by atoms with van der Waals surface area (Å²) >= 11 is 1.44. The lowest BCUT2D eigenvalue weighted by molar-refractivity contribution is 0.0684. The van der Waals surface area contributed by atoms with Gasteiger partial charge in [-0.1, -0.05) is 13.8 Å². The second-order valence-electron chi connectivity index (χ2n) is 5.78. The highest BCUT2D eigenvalue weighted by Gasteiger charge is 2.30. The van der Waals surface area contributed by atoms with Crippen LogP contribution in [0, 0.1) is 6.92 Å². The van der Waals surface area contributed by atoms with Crippen LogP contribution in [-0.2, 0) is 6.54 Å². The smallest absolute Gasteiger partial charge is 0.266 e. The summed E-state index contributed by atoms with van der Waals surface area (Å²) in [4.78, 5) is 19.2. The second-order valence-corrected chi connectivity index (χ2v) is 7.01. The van der Waals surface area contributed by atoms with Gasteiger partial charge in [-0.3, -0.25) is 4.79 Å². The molecule has 2 aromatic rings. The first-order chi connectivity index (χ1) is 9.97. The first-order valence-electron chi connectivity index (χ1n) is 7.12. The largest absolute Gasteiger partial charge is 0.328 e. The first kappa shape index (κ1) is 14.2. The van der Waals surface area contributed by atoms with E-state index in [-0.39, 0.29) is 11.9 Å². The number of nitrogens with zero attached hydrogens (tertiary/aromatic N) is 5. The van der Waals surface area contributed by atoms with Crippen LogP contribution in [0.15, 0.2) is 6.20 Å². The van der Waals surface area contributed by atoms with Gasteiger partial charge in [0.05, 0.1) is 23.8 Å². The summed E-state index contributed by atoms with van der Waals surface area (Å²) < 4.78 is 2.17. The Bertz CT molecular complexity index is 675. The molecule has 3 heterocycles. The van der Waals surface area contributed by atoms with Gasteiger partial charge < -0.3 is 9.47 Å². The Morgan fingerprint density at radius 2 is 2.19 bits per heavy atom. The highest BCUT2D eigenvalue weighted by Crippen LogP contribution is 2.26. The normalized spacial score (nSPS) is 18.1. The number of aryl methyl sites for hydroxylation is 1. The van der Waals surface area contributed by atoms with Gasteiger partial charge in [-0.05, 0) is 13.8 Å². The molecule has 1 aliphatic heterocycles. The predicted molar refractivity (Wildman–Crippen MR) is 80.4 cm³/mol. The van der Waals surface area contributed by atoms with Crippen LogP contribution in [0.2, 0.25) is 0 Å². The maximum atomic E-state index is 12.5. The Morgan fingerprint density at radius 3 is 2.81 bits per heavy atom. The van der Waals surface area contributed by atoms with E-state index in [1.165, 1.54) is 11.3 Å². The van der Waals surface area contributed by atoms with E-state index in [9.17, 15) is 4.79 Å². The number of carbonyl (C=O) groups excluding carboxylic acids is 1. The van der Waals surface area contributed by atoms with Crippen LogP contribution < -0.4 is 0 Å². The van der Waals surface area contributed by atoms with E-state index in [1.807, 2.05) is 11.8 Å². The lowest BCUT2D eigenvalue weighted by Gasteiger charge is -2.32. The molecular weight excluding hydrogens is 286 g/mol. The highest BCUT2D eigenvalue weighted by molar-refractivity contribution is 7.13. The number of carbonyl (C=O) groups is 1. The Labute approximate surface area is 127 Å². The molecule has 1 amide bonds. The molecule has 112 valence electrons. The van der Waals surface area contributed by atoms with Crippen molar-refractivity contribution in [2.24, 2.45) is 0 Å². The Hall–Kier alpha value is -1.76. The van der Waals surface area contributed by atoms with Crippen LogP contribution in [-0.4, -0.2) is 37.1 Å². The first-order valence-corrected chi connectivity index (χ1v) is 7.94. The van der Waals surface area contributed by atoms with Crippen molar-refractivity contribution in [2.75, 3.05) is 6.54 Å². The molecule has 1 atom stereocenters. The van der Waals surface area contributed by atoms with Crippen molar-refractivity contribution in [3.63, 3.8) is 0 Å². The lowest BCUT2D eigenvalue weighted by atomic mass is 10.1. The van der Waals surface area contributed by atoms with E-state index in [1.54, 1.807) is 6.20 Å². The number of amides is 1.